The molecule has 1 aliphatic carbocycles. The lowest BCUT2D eigenvalue weighted by Crippen LogP contribution is -2.46. The zero-order valence-corrected chi connectivity index (χ0v) is 15.7. The van der Waals surface area contributed by atoms with Crippen LogP contribution in [0.2, 0.25) is 0 Å². The van der Waals surface area contributed by atoms with Crippen LogP contribution in [0.5, 0.6) is 0 Å². The van der Waals surface area contributed by atoms with Crippen molar-refractivity contribution in [2.75, 3.05) is 26.7 Å². The van der Waals surface area contributed by atoms with Gasteiger partial charge in [-0.05, 0) is 37.8 Å². The van der Waals surface area contributed by atoms with E-state index in [1.165, 1.54) is 30.4 Å². The number of carbonyl (C=O) groups excluding carboxylic acids is 1. The van der Waals surface area contributed by atoms with Crippen molar-refractivity contribution in [1.29, 1.82) is 0 Å². The molecule has 0 radical (unpaired) electrons. The van der Waals surface area contributed by atoms with E-state index in [1.807, 2.05) is 18.0 Å². The first-order valence-electron chi connectivity index (χ1n) is 9.71. The number of piperidine rings is 1. The van der Waals surface area contributed by atoms with Gasteiger partial charge in [0.25, 0.3) is 11.5 Å². The summed E-state index contributed by atoms with van der Waals surface area (Å²) < 4.78 is 1.49. The molecular formula is C20H28N4O2. The first kappa shape index (κ1) is 17.3. The Morgan fingerprint density at radius 1 is 1.27 bits per heavy atom. The van der Waals surface area contributed by atoms with E-state index in [-0.39, 0.29) is 17.5 Å². The number of nitrogens with zero attached hydrogens (tertiary/aromatic N) is 3. The molecule has 3 heterocycles. The summed E-state index contributed by atoms with van der Waals surface area (Å²) in [4.78, 5) is 32.7. The van der Waals surface area contributed by atoms with Crippen LogP contribution in [-0.4, -0.2) is 58.0 Å². The summed E-state index contributed by atoms with van der Waals surface area (Å²) in [5, 5.41) is 0.715. The lowest BCUT2D eigenvalue weighted by molar-refractivity contribution is 0.0642. The van der Waals surface area contributed by atoms with Crippen molar-refractivity contribution < 1.29 is 4.79 Å². The second-order valence-corrected chi connectivity index (χ2v) is 7.95. The van der Waals surface area contributed by atoms with Crippen molar-refractivity contribution in [3.05, 3.63) is 34.4 Å². The van der Waals surface area contributed by atoms with E-state index in [4.69, 9.17) is 0 Å². The molecule has 6 heteroatoms. The van der Waals surface area contributed by atoms with Crippen molar-refractivity contribution in [1.82, 2.24) is 19.4 Å². The number of H-pyrrole nitrogens is 1. The number of aromatic nitrogens is 2. The van der Waals surface area contributed by atoms with E-state index < -0.39 is 0 Å². The summed E-state index contributed by atoms with van der Waals surface area (Å²) in [6.07, 6.45) is 9.61. The standard InChI is InChI=1S/C20H28N4O2/c1-22-13-17(16-5-9-21-18(16)20(22)26)19(25)23(2)15-7-11-24(12-8-15)10-6-14-3-4-14/h5,9,13-15,21H,3-4,6-8,10-12H2,1-2H3. The highest BCUT2D eigenvalue weighted by atomic mass is 16.2. The van der Waals surface area contributed by atoms with E-state index in [9.17, 15) is 9.59 Å². The minimum Gasteiger partial charge on any atom is -0.357 e. The Balaban J connectivity index is 1.44. The molecule has 0 atom stereocenters. The summed E-state index contributed by atoms with van der Waals surface area (Å²) in [5.74, 6) is 0.979. The normalized spacial score (nSPS) is 19.2. The maximum Gasteiger partial charge on any atom is 0.274 e. The number of amides is 1. The quantitative estimate of drug-likeness (QED) is 0.893. The highest BCUT2D eigenvalue weighted by molar-refractivity contribution is 6.05. The first-order valence-corrected chi connectivity index (χ1v) is 9.71. The molecule has 2 aromatic rings. The van der Waals surface area contributed by atoms with E-state index in [2.05, 4.69) is 9.88 Å². The monoisotopic (exact) mass is 356 g/mol. The first-order chi connectivity index (χ1) is 12.5. The highest BCUT2D eigenvalue weighted by Gasteiger charge is 2.28. The van der Waals surface area contributed by atoms with Gasteiger partial charge in [-0.15, -0.1) is 0 Å². The molecule has 0 unspecified atom stereocenters. The van der Waals surface area contributed by atoms with Crippen molar-refractivity contribution in [2.24, 2.45) is 13.0 Å². The second kappa shape index (κ2) is 6.91. The van der Waals surface area contributed by atoms with Gasteiger partial charge < -0.3 is 19.4 Å². The number of rotatable bonds is 5. The Morgan fingerprint density at radius 3 is 2.69 bits per heavy atom. The number of carbonyl (C=O) groups is 1. The van der Waals surface area contributed by atoms with Crippen molar-refractivity contribution in [2.45, 2.75) is 38.1 Å². The molecule has 1 aliphatic heterocycles. The number of hydrogen-bond acceptors (Lipinski definition) is 3. The second-order valence-electron chi connectivity index (χ2n) is 7.95. The smallest absolute Gasteiger partial charge is 0.274 e. The molecule has 26 heavy (non-hydrogen) atoms. The van der Waals surface area contributed by atoms with E-state index in [1.54, 1.807) is 19.4 Å². The third-order valence-electron chi connectivity index (χ3n) is 6.10. The fourth-order valence-corrected chi connectivity index (χ4v) is 4.10. The molecule has 140 valence electrons. The van der Waals surface area contributed by atoms with Crippen LogP contribution >= 0.6 is 0 Å². The number of nitrogens with one attached hydrogen (secondary N) is 1. The average molecular weight is 356 g/mol. The lowest BCUT2D eigenvalue weighted by atomic mass is 10.0. The predicted octanol–water partition coefficient (Wildman–Crippen LogP) is 2.20. The van der Waals surface area contributed by atoms with Gasteiger partial charge in [-0.2, -0.15) is 0 Å². The van der Waals surface area contributed by atoms with E-state index in [0.717, 1.165) is 31.8 Å². The number of aromatic amines is 1. The van der Waals surface area contributed by atoms with Gasteiger partial charge in [0.15, 0.2) is 0 Å². The minimum atomic E-state index is -0.104. The van der Waals surface area contributed by atoms with Gasteiger partial charge in [-0.3, -0.25) is 9.59 Å². The molecule has 2 fully saturated rings. The van der Waals surface area contributed by atoms with Crippen LogP contribution in [0.3, 0.4) is 0 Å². The maximum absolute atomic E-state index is 13.1. The van der Waals surface area contributed by atoms with Crippen molar-refractivity contribution in [3.63, 3.8) is 0 Å². The number of hydrogen-bond donors (Lipinski definition) is 1. The average Bonchev–Trinajstić information content (AvgIpc) is 3.36. The largest absolute Gasteiger partial charge is 0.357 e. The number of likely N-dealkylation sites (tertiary alicyclic amines) is 1. The molecule has 6 nitrogen and oxygen atoms in total. The van der Waals surface area contributed by atoms with Gasteiger partial charge in [0, 0.05) is 51.0 Å². The fraction of sp³-hybridized carbons (Fsp3) is 0.600. The zero-order valence-electron chi connectivity index (χ0n) is 15.7. The van der Waals surface area contributed by atoms with Gasteiger partial charge in [-0.1, -0.05) is 12.8 Å². The van der Waals surface area contributed by atoms with Crippen LogP contribution in [0.1, 0.15) is 42.5 Å². The van der Waals surface area contributed by atoms with Gasteiger partial charge in [0.05, 0.1) is 5.56 Å². The Labute approximate surface area is 153 Å². The van der Waals surface area contributed by atoms with Crippen LogP contribution < -0.4 is 5.56 Å². The van der Waals surface area contributed by atoms with Gasteiger partial charge in [-0.25, -0.2) is 0 Å². The molecule has 1 saturated carbocycles. The summed E-state index contributed by atoms with van der Waals surface area (Å²) >= 11 is 0. The van der Waals surface area contributed by atoms with Crippen LogP contribution in [0.25, 0.3) is 10.9 Å². The molecule has 2 aromatic heterocycles. The lowest BCUT2D eigenvalue weighted by Gasteiger charge is -2.37. The maximum atomic E-state index is 13.1. The van der Waals surface area contributed by atoms with E-state index >= 15 is 0 Å². The third kappa shape index (κ3) is 3.30. The Bertz CT molecular complexity index is 856. The van der Waals surface area contributed by atoms with Crippen LogP contribution in [-0.2, 0) is 7.05 Å². The van der Waals surface area contributed by atoms with Crippen LogP contribution in [0.4, 0.5) is 0 Å². The van der Waals surface area contributed by atoms with Crippen LogP contribution in [0.15, 0.2) is 23.3 Å². The van der Waals surface area contributed by atoms with Gasteiger partial charge in [0.2, 0.25) is 0 Å². The SMILES string of the molecule is CN(C(=O)c1cn(C)c(=O)c2[nH]ccc12)C1CCN(CCC2CC2)CC1. The number of aryl methyl sites for hydroxylation is 1. The molecule has 2 aliphatic rings. The molecule has 0 bridgehead atoms. The molecule has 1 amide bonds. The zero-order chi connectivity index (χ0) is 18.3. The Hall–Kier alpha value is -2.08. The molecular weight excluding hydrogens is 328 g/mol. The predicted molar refractivity (Wildman–Crippen MR) is 102 cm³/mol. The summed E-state index contributed by atoms with van der Waals surface area (Å²) in [5.41, 5.74) is 0.997. The third-order valence-corrected chi connectivity index (χ3v) is 6.10. The Kier molecular flexibility index (Phi) is 4.61. The summed E-state index contributed by atoms with van der Waals surface area (Å²) in [7, 11) is 3.59. The van der Waals surface area contributed by atoms with Crippen molar-refractivity contribution >= 4 is 16.8 Å². The summed E-state index contributed by atoms with van der Waals surface area (Å²) in [6.45, 7) is 3.35. The molecule has 0 aromatic carbocycles. The van der Waals surface area contributed by atoms with E-state index in [0.29, 0.717) is 16.5 Å². The van der Waals surface area contributed by atoms with Crippen molar-refractivity contribution in [3.8, 4) is 0 Å². The molecule has 0 spiro atoms. The minimum absolute atomic E-state index is 0.00151. The molecule has 4 rings (SSSR count). The van der Waals surface area contributed by atoms with Gasteiger partial charge >= 0.3 is 0 Å². The molecule has 1 N–H and O–H groups in total. The topological polar surface area (TPSA) is 61.3 Å². The van der Waals surface area contributed by atoms with Gasteiger partial charge in [0.1, 0.15) is 5.52 Å². The number of pyridine rings is 1. The summed E-state index contributed by atoms with van der Waals surface area (Å²) in [6, 6.07) is 2.09. The highest BCUT2D eigenvalue weighted by Crippen LogP contribution is 2.32. The molecule has 1 saturated heterocycles. The Morgan fingerprint density at radius 2 is 2.00 bits per heavy atom. The van der Waals surface area contributed by atoms with Crippen LogP contribution in [0, 0.1) is 5.92 Å². The fourth-order valence-electron chi connectivity index (χ4n) is 4.10. The number of fused-ring (bicyclic) bond motifs is 1.